The average Bonchev–Trinajstić information content (AvgIpc) is 2.40. The molecule has 0 saturated carbocycles. The van der Waals surface area contributed by atoms with Crippen LogP contribution in [-0.4, -0.2) is 19.0 Å². The smallest absolute Gasteiger partial charge is 0.225 e. The van der Waals surface area contributed by atoms with Crippen LogP contribution in [-0.2, 0) is 10.3 Å². The third-order valence-electron chi connectivity index (χ3n) is 3.67. The number of benzene rings is 1. The maximum Gasteiger partial charge on any atom is 0.225 e. The van der Waals surface area contributed by atoms with Gasteiger partial charge in [0.1, 0.15) is 0 Å². The molecule has 1 amide bonds. The highest BCUT2D eigenvalue weighted by atomic mass is 79.9. The van der Waals surface area contributed by atoms with Gasteiger partial charge >= 0.3 is 0 Å². The molecule has 1 saturated heterocycles. The van der Waals surface area contributed by atoms with Crippen LogP contribution >= 0.6 is 15.9 Å². The SMILES string of the molecule is CC(C)(NC(=O)[C@@H]1CCCNC1)c1ccc(Br)cc1. The lowest BCUT2D eigenvalue weighted by atomic mass is 9.92. The minimum Gasteiger partial charge on any atom is -0.347 e. The summed E-state index contributed by atoms with van der Waals surface area (Å²) in [4.78, 5) is 12.3. The molecule has 1 heterocycles. The zero-order chi connectivity index (χ0) is 13.9. The highest BCUT2D eigenvalue weighted by molar-refractivity contribution is 9.10. The maximum absolute atomic E-state index is 12.3. The Balaban J connectivity index is 2.03. The van der Waals surface area contributed by atoms with Gasteiger partial charge in [-0.05, 0) is 50.9 Å². The quantitative estimate of drug-likeness (QED) is 0.897. The number of hydrogen-bond donors (Lipinski definition) is 2. The van der Waals surface area contributed by atoms with E-state index in [1.54, 1.807) is 0 Å². The van der Waals surface area contributed by atoms with E-state index in [4.69, 9.17) is 0 Å². The fraction of sp³-hybridized carbons (Fsp3) is 0.533. The Hall–Kier alpha value is -0.870. The molecule has 4 heteroatoms. The zero-order valence-corrected chi connectivity index (χ0v) is 13.1. The second kappa shape index (κ2) is 6.06. The molecule has 2 rings (SSSR count). The van der Waals surface area contributed by atoms with Crippen LogP contribution in [0.1, 0.15) is 32.3 Å². The van der Waals surface area contributed by atoms with Gasteiger partial charge in [-0.25, -0.2) is 0 Å². The molecule has 1 aromatic rings. The van der Waals surface area contributed by atoms with Crippen molar-refractivity contribution in [3.8, 4) is 0 Å². The van der Waals surface area contributed by atoms with E-state index in [-0.39, 0.29) is 17.4 Å². The summed E-state index contributed by atoms with van der Waals surface area (Å²) < 4.78 is 1.05. The Kier molecular flexibility index (Phi) is 4.63. The van der Waals surface area contributed by atoms with Crippen molar-refractivity contribution in [3.63, 3.8) is 0 Å². The minimum atomic E-state index is -0.338. The molecule has 0 spiro atoms. The highest BCUT2D eigenvalue weighted by Crippen LogP contribution is 2.23. The van der Waals surface area contributed by atoms with Crippen LogP contribution in [0.4, 0.5) is 0 Å². The van der Waals surface area contributed by atoms with Crippen LogP contribution in [0, 0.1) is 5.92 Å². The van der Waals surface area contributed by atoms with Crippen molar-refractivity contribution in [2.75, 3.05) is 13.1 Å². The Labute approximate surface area is 123 Å². The lowest BCUT2D eigenvalue weighted by molar-refractivity contribution is -0.127. The van der Waals surface area contributed by atoms with Crippen molar-refractivity contribution < 1.29 is 4.79 Å². The van der Waals surface area contributed by atoms with Gasteiger partial charge in [-0.1, -0.05) is 28.1 Å². The second-order valence-corrected chi connectivity index (χ2v) is 6.58. The van der Waals surface area contributed by atoms with Crippen molar-refractivity contribution in [2.45, 2.75) is 32.2 Å². The number of amides is 1. The van der Waals surface area contributed by atoms with Gasteiger partial charge in [0.05, 0.1) is 11.5 Å². The van der Waals surface area contributed by atoms with Crippen LogP contribution in [0.3, 0.4) is 0 Å². The summed E-state index contributed by atoms with van der Waals surface area (Å²) in [5.74, 6) is 0.253. The summed E-state index contributed by atoms with van der Waals surface area (Å²) in [6.45, 7) is 5.91. The number of carbonyl (C=O) groups is 1. The molecule has 1 atom stereocenters. The summed E-state index contributed by atoms with van der Waals surface area (Å²) in [6, 6.07) is 8.10. The number of piperidine rings is 1. The van der Waals surface area contributed by atoms with E-state index in [2.05, 4.69) is 26.6 Å². The van der Waals surface area contributed by atoms with Gasteiger partial charge in [-0.3, -0.25) is 4.79 Å². The molecule has 0 aromatic heterocycles. The van der Waals surface area contributed by atoms with Gasteiger partial charge in [-0.15, -0.1) is 0 Å². The van der Waals surface area contributed by atoms with Gasteiger partial charge in [-0.2, -0.15) is 0 Å². The van der Waals surface area contributed by atoms with Crippen molar-refractivity contribution in [3.05, 3.63) is 34.3 Å². The van der Waals surface area contributed by atoms with Gasteiger partial charge in [0.2, 0.25) is 5.91 Å². The Morgan fingerprint density at radius 3 is 2.63 bits per heavy atom. The number of halogens is 1. The van der Waals surface area contributed by atoms with Crippen LogP contribution in [0.15, 0.2) is 28.7 Å². The molecule has 1 fully saturated rings. The highest BCUT2D eigenvalue weighted by Gasteiger charge is 2.28. The van der Waals surface area contributed by atoms with E-state index in [0.717, 1.165) is 36.0 Å². The summed E-state index contributed by atoms with van der Waals surface area (Å²) >= 11 is 3.43. The van der Waals surface area contributed by atoms with E-state index in [0.29, 0.717) is 0 Å². The van der Waals surface area contributed by atoms with Crippen molar-refractivity contribution >= 4 is 21.8 Å². The molecule has 3 nitrogen and oxygen atoms in total. The van der Waals surface area contributed by atoms with E-state index >= 15 is 0 Å². The van der Waals surface area contributed by atoms with Crippen LogP contribution in [0.5, 0.6) is 0 Å². The topological polar surface area (TPSA) is 41.1 Å². The fourth-order valence-corrected chi connectivity index (χ4v) is 2.69. The first kappa shape index (κ1) is 14.5. The first-order valence-electron chi connectivity index (χ1n) is 6.78. The fourth-order valence-electron chi connectivity index (χ4n) is 2.42. The number of nitrogens with one attached hydrogen (secondary N) is 2. The molecule has 104 valence electrons. The molecule has 0 bridgehead atoms. The number of carbonyl (C=O) groups excluding carboxylic acids is 1. The second-order valence-electron chi connectivity index (χ2n) is 5.66. The van der Waals surface area contributed by atoms with Crippen molar-refractivity contribution in [1.82, 2.24) is 10.6 Å². The molecular weight excluding hydrogens is 304 g/mol. The largest absolute Gasteiger partial charge is 0.347 e. The third-order valence-corrected chi connectivity index (χ3v) is 4.20. The zero-order valence-electron chi connectivity index (χ0n) is 11.5. The van der Waals surface area contributed by atoms with E-state index in [9.17, 15) is 4.79 Å². The van der Waals surface area contributed by atoms with Crippen molar-refractivity contribution in [2.24, 2.45) is 5.92 Å². The minimum absolute atomic E-state index is 0.100. The number of hydrogen-bond acceptors (Lipinski definition) is 2. The lowest BCUT2D eigenvalue weighted by Crippen LogP contribution is -2.47. The van der Waals surface area contributed by atoms with Crippen LogP contribution < -0.4 is 10.6 Å². The molecule has 19 heavy (non-hydrogen) atoms. The van der Waals surface area contributed by atoms with Gasteiger partial charge in [0.15, 0.2) is 0 Å². The molecular formula is C15H21BrN2O. The first-order valence-corrected chi connectivity index (χ1v) is 7.57. The van der Waals surface area contributed by atoms with Gasteiger partial charge < -0.3 is 10.6 Å². The predicted molar refractivity (Wildman–Crippen MR) is 80.9 cm³/mol. The summed E-state index contributed by atoms with van der Waals surface area (Å²) in [5.41, 5.74) is 0.780. The Bertz CT molecular complexity index is 436. The van der Waals surface area contributed by atoms with Gasteiger partial charge in [0, 0.05) is 11.0 Å². The predicted octanol–water partition coefficient (Wildman–Crippen LogP) is 2.80. The van der Waals surface area contributed by atoms with E-state index < -0.39 is 0 Å². The normalized spacial score (nSPS) is 20.1. The Morgan fingerprint density at radius 1 is 1.37 bits per heavy atom. The Morgan fingerprint density at radius 2 is 2.05 bits per heavy atom. The molecule has 0 radical (unpaired) electrons. The standard InChI is InChI=1S/C15H21BrN2O/c1-15(2,12-5-7-13(16)8-6-12)18-14(19)11-4-3-9-17-10-11/h5-8,11,17H,3-4,9-10H2,1-2H3,(H,18,19)/t11-/m1/s1. The summed E-state index contributed by atoms with van der Waals surface area (Å²) in [6.07, 6.45) is 2.06. The lowest BCUT2D eigenvalue weighted by Gasteiger charge is -2.31. The van der Waals surface area contributed by atoms with Crippen molar-refractivity contribution in [1.29, 1.82) is 0 Å². The monoisotopic (exact) mass is 324 g/mol. The molecule has 1 aliphatic rings. The van der Waals surface area contributed by atoms with E-state index in [1.807, 2.05) is 38.1 Å². The van der Waals surface area contributed by atoms with Gasteiger partial charge in [0.25, 0.3) is 0 Å². The molecule has 1 aliphatic heterocycles. The summed E-state index contributed by atoms with van der Waals surface area (Å²) in [5, 5.41) is 6.45. The average molecular weight is 325 g/mol. The molecule has 0 unspecified atom stereocenters. The third kappa shape index (κ3) is 3.80. The molecule has 1 aromatic carbocycles. The summed E-state index contributed by atoms with van der Waals surface area (Å²) in [7, 11) is 0. The first-order chi connectivity index (χ1) is 8.99. The number of rotatable bonds is 3. The molecule has 2 N–H and O–H groups in total. The van der Waals surface area contributed by atoms with Crippen LogP contribution in [0.2, 0.25) is 0 Å². The molecule has 0 aliphatic carbocycles. The van der Waals surface area contributed by atoms with Crippen LogP contribution in [0.25, 0.3) is 0 Å². The maximum atomic E-state index is 12.3. The van der Waals surface area contributed by atoms with E-state index in [1.165, 1.54) is 0 Å².